The molecule has 108 valence electrons. The Hall–Kier alpha value is -0.580. The van der Waals surface area contributed by atoms with E-state index in [1.165, 1.54) is 5.56 Å². The van der Waals surface area contributed by atoms with E-state index in [1.54, 1.807) is 0 Å². The first-order valence-corrected chi connectivity index (χ1v) is 7.59. The van der Waals surface area contributed by atoms with Gasteiger partial charge < -0.3 is 15.0 Å². The lowest BCUT2D eigenvalue weighted by molar-refractivity contribution is 0.239. The molecule has 0 saturated carbocycles. The highest BCUT2D eigenvalue weighted by atomic mass is 79.9. The molecule has 0 aliphatic heterocycles. The molecule has 1 N–H and O–H groups in total. The van der Waals surface area contributed by atoms with Gasteiger partial charge in [0.05, 0.1) is 6.10 Å². The van der Waals surface area contributed by atoms with Crippen molar-refractivity contribution in [3.05, 3.63) is 28.2 Å². The molecule has 0 saturated heterocycles. The summed E-state index contributed by atoms with van der Waals surface area (Å²) in [5.74, 6) is 0.971. The Morgan fingerprint density at radius 3 is 2.68 bits per heavy atom. The highest BCUT2D eigenvalue weighted by Crippen LogP contribution is 2.24. The molecule has 0 aromatic heterocycles. The predicted molar refractivity (Wildman–Crippen MR) is 84.8 cm³/mol. The topological polar surface area (TPSA) is 24.5 Å². The summed E-state index contributed by atoms with van der Waals surface area (Å²) in [6.45, 7) is 7.08. The summed E-state index contributed by atoms with van der Waals surface area (Å²) >= 11 is 3.51. The van der Waals surface area contributed by atoms with Gasteiger partial charge in [0, 0.05) is 16.6 Å². The van der Waals surface area contributed by atoms with Crippen molar-refractivity contribution < 1.29 is 4.74 Å². The van der Waals surface area contributed by atoms with E-state index in [0.29, 0.717) is 0 Å². The maximum Gasteiger partial charge on any atom is 0.124 e. The fourth-order valence-electron chi connectivity index (χ4n) is 1.80. The van der Waals surface area contributed by atoms with E-state index >= 15 is 0 Å². The fourth-order valence-corrected chi connectivity index (χ4v) is 2.21. The smallest absolute Gasteiger partial charge is 0.124 e. The minimum absolute atomic E-state index is 0.202. The summed E-state index contributed by atoms with van der Waals surface area (Å²) in [5.41, 5.74) is 1.20. The van der Waals surface area contributed by atoms with E-state index in [9.17, 15) is 0 Å². The normalized spacial score (nSPS) is 11.3. The van der Waals surface area contributed by atoms with Crippen LogP contribution in [0.15, 0.2) is 22.7 Å². The molecule has 0 aliphatic rings. The van der Waals surface area contributed by atoms with Crippen LogP contribution in [0.4, 0.5) is 0 Å². The molecule has 0 aliphatic carbocycles. The van der Waals surface area contributed by atoms with Crippen LogP contribution < -0.4 is 10.1 Å². The number of hydrogen-bond acceptors (Lipinski definition) is 3. The van der Waals surface area contributed by atoms with Crippen LogP contribution in [0.3, 0.4) is 0 Å². The van der Waals surface area contributed by atoms with Crippen molar-refractivity contribution in [2.45, 2.75) is 32.9 Å². The van der Waals surface area contributed by atoms with Gasteiger partial charge in [-0.3, -0.25) is 0 Å². The van der Waals surface area contributed by atoms with Gasteiger partial charge in [-0.15, -0.1) is 0 Å². The maximum absolute atomic E-state index is 5.83. The number of hydrogen-bond donors (Lipinski definition) is 1. The second-order valence-corrected chi connectivity index (χ2v) is 6.17. The number of rotatable bonds is 8. The zero-order chi connectivity index (χ0) is 14.3. The van der Waals surface area contributed by atoms with Gasteiger partial charge in [-0.05, 0) is 65.7 Å². The molecule has 0 spiro atoms. The van der Waals surface area contributed by atoms with E-state index in [0.717, 1.165) is 36.3 Å². The van der Waals surface area contributed by atoms with Crippen molar-refractivity contribution in [2.75, 3.05) is 27.2 Å². The molecule has 1 rings (SSSR count). The lowest BCUT2D eigenvalue weighted by Crippen LogP contribution is -2.21. The Morgan fingerprint density at radius 2 is 2.05 bits per heavy atom. The van der Waals surface area contributed by atoms with Crippen molar-refractivity contribution in [3.63, 3.8) is 0 Å². The number of halogens is 1. The Kier molecular flexibility index (Phi) is 7.42. The quantitative estimate of drug-likeness (QED) is 0.741. The molecular formula is C15H25BrN2O. The molecule has 3 nitrogen and oxygen atoms in total. The minimum atomic E-state index is 0.202. The van der Waals surface area contributed by atoms with E-state index in [2.05, 4.69) is 60.2 Å². The van der Waals surface area contributed by atoms with Crippen molar-refractivity contribution in [1.29, 1.82) is 0 Å². The predicted octanol–water partition coefficient (Wildman–Crippen LogP) is 3.28. The van der Waals surface area contributed by atoms with Crippen molar-refractivity contribution in [1.82, 2.24) is 10.2 Å². The van der Waals surface area contributed by atoms with E-state index in [4.69, 9.17) is 4.74 Å². The summed E-state index contributed by atoms with van der Waals surface area (Å²) in [7, 11) is 4.20. The van der Waals surface area contributed by atoms with Crippen LogP contribution in [0, 0.1) is 0 Å². The third-order valence-corrected chi connectivity index (χ3v) is 3.15. The molecule has 0 amide bonds. The lowest BCUT2D eigenvalue weighted by Gasteiger charge is -2.15. The van der Waals surface area contributed by atoms with Crippen molar-refractivity contribution in [3.8, 4) is 5.75 Å². The molecule has 0 heterocycles. The largest absolute Gasteiger partial charge is 0.491 e. The molecule has 4 heteroatoms. The van der Waals surface area contributed by atoms with Gasteiger partial charge in [-0.25, -0.2) is 0 Å². The van der Waals surface area contributed by atoms with E-state index in [1.807, 2.05) is 12.1 Å². The van der Waals surface area contributed by atoms with Crippen LogP contribution >= 0.6 is 15.9 Å². The van der Waals surface area contributed by atoms with Crippen LogP contribution in [-0.2, 0) is 6.54 Å². The van der Waals surface area contributed by atoms with Crippen LogP contribution in [0.5, 0.6) is 5.75 Å². The SMILES string of the molecule is CC(C)Oc1ccc(Br)cc1CNCCCN(C)C. The van der Waals surface area contributed by atoms with Crippen molar-refractivity contribution >= 4 is 15.9 Å². The highest BCUT2D eigenvalue weighted by Gasteiger charge is 2.06. The zero-order valence-electron chi connectivity index (χ0n) is 12.4. The Labute approximate surface area is 125 Å². The minimum Gasteiger partial charge on any atom is -0.491 e. The number of benzene rings is 1. The Morgan fingerprint density at radius 1 is 1.32 bits per heavy atom. The third kappa shape index (κ3) is 6.95. The molecule has 0 bridgehead atoms. The standard InChI is InChI=1S/C15H25BrN2O/c1-12(2)19-15-7-6-14(16)10-13(15)11-17-8-5-9-18(3)4/h6-7,10,12,17H,5,8-9,11H2,1-4H3. The third-order valence-electron chi connectivity index (χ3n) is 2.66. The maximum atomic E-state index is 5.83. The molecular weight excluding hydrogens is 304 g/mol. The monoisotopic (exact) mass is 328 g/mol. The van der Waals surface area contributed by atoms with Crippen LogP contribution in [0.1, 0.15) is 25.8 Å². The van der Waals surface area contributed by atoms with E-state index < -0.39 is 0 Å². The van der Waals surface area contributed by atoms with Gasteiger partial charge in [0.15, 0.2) is 0 Å². The Balaban J connectivity index is 2.48. The molecule has 0 unspecified atom stereocenters. The second kappa shape index (κ2) is 8.56. The summed E-state index contributed by atoms with van der Waals surface area (Å²) in [6, 6.07) is 6.17. The summed E-state index contributed by atoms with van der Waals surface area (Å²) in [6.07, 6.45) is 1.36. The molecule has 0 fully saturated rings. The van der Waals surface area contributed by atoms with Gasteiger partial charge in [-0.2, -0.15) is 0 Å². The average molecular weight is 329 g/mol. The van der Waals surface area contributed by atoms with Crippen LogP contribution in [0.2, 0.25) is 0 Å². The summed E-state index contributed by atoms with van der Waals surface area (Å²) < 4.78 is 6.92. The number of ether oxygens (including phenoxy) is 1. The Bertz CT molecular complexity index is 380. The first-order valence-electron chi connectivity index (χ1n) is 6.79. The summed E-state index contributed by atoms with van der Waals surface area (Å²) in [5, 5.41) is 3.47. The van der Waals surface area contributed by atoms with E-state index in [-0.39, 0.29) is 6.10 Å². The molecule has 0 atom stereocenters. The van der Waals surface area contributed by atoms with Gasteiger partial charge in [-0.1, -0.05) is 15.9 Å². The first-order chi connectivity index (χ1) is 8.99. The summed E-state index contributed by atoms with van der Waals surface area (Å²) in [4.78, 5) is 2.20. The van der Waals surface area contributed by atoms with Gasteiger partial charge in [0.1, 0.15) is 5.75 Å². The fraction of sp³-hybridized carbons (Fsp3) is 0.600. The van der Waals surface area contributed by atoms with Crippen LogP contribution in [-0.4, -0.2) is 38.2 Å². The van der Waals surface area contributed by atoms with Gasteiger partial charge >= 0.3 is 0 Å². The highest BCUT2D eigenvalue weighted by molar-refractivity contribution is 9.10. The molecule has 0 radical (unpaired) electrons. The zero-order valence-corrected chi connectivity index (χ0v) is 14.0. The average Bonchev–Trinajstić information content (AvgIpc) is 2.31. The number of nitrogens with one attached hydrogen (secondary N) is 1. The van der Waals surface area contributed by atoms with Crippen molar-refractivity contribution in [2.24, 2.45) is 0 Å². The van der Waals surface area contributed by atoms with Crippen LogP contribution in [0.25, 0.3) is 0 Å². The van der Waals surface area contributed by atoms with Gasteiger partial charge in [0.2, 0.25) is 0 Å². The lowest BCUT2D eigenvalue weighted by atomic mass is 10.2. The van der Waals surface area contributed by atoms with Gasteiger partial charge in [0.25, 0.3) is 0 Å². The second-order valence-electron chi connectivity index (χ2n) is 5.25. The molecule has 1 aromatic rings. The molecule has 1 aromatic carbocycles. The number of nitrogens with zero attached hydrogens (tertiary/aromatic N) is 1. The molecule has 19 heavy (non-hydrogen) atoms. The first kappa shape index (κ1) is 16.5.